The summed E-state index contributed by atoms with van der Waals surface area (Å²) in [6, 6.07) is 2.14. The fourth-order valence-electron chi connectivity index (χ4n) is 1.71. The lowest BCUT2D eigenvalue weighted by Crippen LogP contribution is -2.32. The Labute approximate surface area is 106 Å². The predicted octanol–water partition coefficient (Wildman–Crippen LogP) is 2.35. The van der Waals surface area contributed by atoms with Gasteiger partial charge in [0.15, 0.2) is 0 Å². The van der Waals surface area contributed by atoms with Crippen LogP contribution in [0, 0.1) is 0 Å². The summed E-state index contributed by atoms with van der Waals surface area (Å²) in [5.41, 5.74) is 0.847. The van der Waals surface area contributed by atoms with Crippen LogP contribution in [-0.2, 0) is 11.3 Å². The fourth-order valence-corrected chi connectivity index (χ4v) is 2.47. The van der Waals surface area contributed by atoms with E-state index in [9.17, 15) is 4.79 Å². The summed E-state index contributed by atoms with van der Waals surface area (Å²) < 4.78 is 5.13. The van der Waals surface area contributed by atoms with Crippen molar-refractivity contribution in [3.63, 3.8) is 0 Å². The number of methoxy groups -OCH3 is 1. The topological polar surface area (TPSA) is 58.6 Å². The average Bonchev–Trinajstić information content (AvgIpc) is 2.74. The smallest absolute Gasteiger partial charge is 0.346 e. The van der Waals surface area contributed by atoms with Gasteiger partial charge in [-0.15, -0.1) is 11.3 Å². The van der Waals surface area contributed by atoms with Crippen molar-refractivity contribution in [2.75, 3.05) is 13.7 Å². The van der Waals surface area contributed by atoms with Crippen molar-refractivity contribution in [3.05, 3.63) is 21.9 Å². The molecule has 0 fully saturated rings. The van der Waals surface area contributed by atoms with E-state index in [0.717, 1.165) is 18.4 Å². The molecule has 17 heavy (non-hydrogen) atoms. The average molecular weight is 257 g/mol. The zero-order chi connectivity index (χ0) is 12.7. The molecule has 0 aromatic carbocycles. The van der Waals surface area contributed by atoms with E-state index in [0.29, 0.717) is 18.0 Å². The summed E-state index contributed by atoms with van der Waals surface area (Å²) in [6.07, 6.45) is 2.11. The fraction of sp³-hybridized carbons (Fsp3) is 0.583. The normalized spacial score (nSPS) is 12.6. The molecule has 0 saturated carbocycles. The second-order valence-corrected chi connectivity index (χ2v) is 4.82. The van der Waals surface area contributed by atoms with E-state index in [-0.39, 0.29) is 6.04 Å². The molecule has 0 aliphatic carbocycles. The Hall–Kier alpha value is -0.910. The molecule has 0 bridgehead atoms. The van der Waals surface area contributed by atoms with Crippen molar-refractivity contribution in [1.82, 2.24) is 5.32 Å². The van der Waals surface area contributed by atoms with Crippen LogP contribution in [0.2, 0.25) is 0 Å². The van der Waals surface area contributed by atoms with E-state index in [1.54, 1.807) is 7.11 Å². The monoisotopic (exact) mass is 257 g/mol. The second-order valence-electron chi connectivity index (χ2n) is 3.90. The number of carbonyl (C=O) groups is 1. The predicted molar refractivity (Wildman–Crippen MR) is 68.7 cm³/mol. The van der Waals surface area contributed by atoms with Crippen LogP contribution in [0.3, 0.4) is 0 Å². The highest BCUT2D eigenvalue weighted by molar-refractivity contribution is 7.12. The molecule has 0 aliphatic heterocycles. The third-order valence-electron chi connectivity index (χ3n) is 2.53. The van der Waals surface area contributed by atoms with E-state index in [4.69, 9.17) is 9.84 Å². The number of aromatic carboxylic acids is 1. The number of nitrogens with one attached hydrogen (secondary N) is 1. The lowest BCUT2D eigenvalue weighted by molar-refractivity contribution is 0.0701. The summed E-state index contributed by atoms with van der Waals surface area (Å²) in [4.78, 5) is 11.4. The third-order valence-corrected chi connectivity index (χ3v) is 3.47. The van der Waals surface area contributed by atoms with Gasteiger partial charge in [-0.1, -0.05) is 13.3 Å². The molecule has 96 valence electrons. The summed E-state index contributed by atoms with van der Waals surface area (Å²) in [7, 11) is 1.68. The quantitative estimate of drug-likeness (QED) is 0.750. The van der Waals surface area contributed by atoms with Gasteiger partial charge in [0.1, 0.15) is 4.88 Å². The molecule has 5 heteroatoms. The lowest BCUT2D eigenvalue weighted by atomic mass is 10.1. The van der Waals surface area contributed by atoms with Gasteiger partial charge in [0, 0.05) is 19.7 Å². The van der Waals surface area contributed by atoms with Crippen LogP contribution in [0.25, 0.3) is 0 Å². The van der Waals surface area contributed by atoms with E-state index in [2.05, 4.69) is 12.2 Å². The molecule has 1 atom stereocenters. The first-order chi connectivity index (χ1) is 8.19. The van der Waals surface area contributed by atoms with Crippen LogP contribution in [0.4, 0.5) is 0 Å². The number of carboxylic acid groups (broad SMARTS) is 1. The molecular formula is C12H19NO3S. The minimum atomic E-state index is -0.851. The Morgan fingerprint density at radius 2 is 2.41 bits per heavy atom. The number of hydrogen-bond donors (Lipinski definition) is 2. The van der Waals surface area contributed by atoms with Gasteiger partial charge >= 0.3 is 5.97 Å². The highest BCUT2D eigenvalue weighted by Gasteiger charge is 2.13. The van der Waals surface area contributed by atoms with E-state index in [1.165, 1.54) is 11.3 Å². The van der Waals surface area contributed by atoms with Crippen LogP contribution >= 0.6 is 11.3 Å². The van der Waals surface area contributed by atoms with Crippen molar-refractivity contribution < 1.29 is 14.6 Å². The second kappa shape index (κ2) is 7.42. The van der Waals surface area contributed by atoms with E-state index in [1.807, 2.05) is 11.4 Å². The zero-order valence-corrected chi connectivity index (χ0v) is 11.0. The maximum absolute atomic E-state index is 10.9. The molecule has 0 amide bonds. The Morgan fingerprint density at radius 3 is 3.00 bits per heavy atom. The number of rotatable bonds is 8. The maximum Gasteiger partial charge on any atom is 0.346 e. The maximum atomic E-state index is 10.9. The van der Waals surface area contributed by atoms with Crippen LogP contribution in [0.15, 0.2) is 11.4 Å². The minimum Gasteiger partial charge on any atom is -0.477 e. The summed E-state index contributed by atoms with van der Waals surface area (Å²) in [6.45, 7) is 3.36. The van der Waals surface area contributed by atoms with Gasteiger partial charge < -0.3 is 15.2 Å². The molecule has 1 unspecified atom stereocenters. The van der Waals surface area contributed by atoms with Crippen molar-refractivity contribution >= 4 is 17.3 Å². The van der Waals surface area contributed by atoms with Crippen LogP contribution in [0.5, 0.6) is 0 Å². The van der Waals surface area contributed by atoms with E-state index < -0.39 is 5.97 Å². The molecule has 0 radical (unpaired) electrons. The number of ether oxygens (including phenoxy) is 1. The largest absolute Gasteiger partial charge is 0.477 e. The highest BCUT2D eigenvalue weighted by atomic mass is 32.1. The molecule has 1 heterocycles. The molecule has 2 N–H and O–H groups in total. The Balaban J connectivity index is 2.52. The lowest BCUT2D eigenvalue weighted by Gasteiger charge is -2.16. The van der Waals surface area contributed by atoms with E-state index >= 15 is 0 Å². The molecular weight excluding hydrogens is 238 g/mol. The third kappa shape index (κ3) is 4.46. The Morgan fingerprint density at radius 1 is 1.65 bits per heavy atom. The molecule has 0 saturated heterocycles. The molecule has 0 spiro atoms. The van der Waals surface area contributed by atoms with Gasteiger partial charge in [0.25, 0.3) is 0 Å². The first-order valence-electron chi connectivity index (χ1n) is 5.71. The highest BCUT2D eigenvalue weighted by Crippen LogP contribution is 2.16. The minimum absolute atomic E-state index is 0.284. The van der Waals surface area contributed by atoms with Gasteiger partial charge in [-0.25, -0.2) is 4.79 Å². The molecule has 0 aliphatic rings. The van der Waals surface area contributed by atoms with Gasteiger partial charge in [0.2, 0.25) is 0 Å². The van der Waals surface area contributed by atoms with Gasteiger partial charge in [0.05, 0.1) is 6.61 Å². The molecule has 1 aromatic rings. The molecule has 1 aromatic heterocycles. The zero-order valence-electron chi connectivity index (χ0n) is 10.2. The molecule has 4 nitrogen and oxygen atoms in total. The van der Waals surface area contributed by atoms with Gasteiger partial charge in [-0.3, -0.25) is 0 Å². The van der Waals surface area contributed by atoms with Crippen LogP contribution < -0.4 is 5.32 Å². The van der Waals surface area contributed by atoms with Crippen molar-refractivity contribution in [2.45, 2.75) is 32.4 Å². The summed E-state index contributed by atoms with van der Waals surface area (Å²) in [5, 5.41) is 14.1. The van der Waals surface area contributed by atoms with Gasteiger partial charge in [-0.05, 0) is 23.4 Å². The Bertz CT molecular complexity index is 345. The van der Waals surface area contributed by atoms with Crippen LogP contribution in [-0.4, -0.2) is 30.8 Å². The number of hydrogen-bond acceptors (Lipinski definition) is 4. The van der Waals surface area contributed by atoms with Gasteiger partial charge in [-0.2, -0.15) is 0 Å². The summed E-state index contributed by atoms with van der Waals surface area (Å²) in [5.74, 6) is -0.851. The standard InChI is InChI=1S/C12H19NO3S/c1-3-4-10(8-16-2)13-7-9-5-6-17-11(9)12(14)15/h5-6,10,13H,3-4,7-8H2,1-2H3,(H,14,15). The summed E-state index contributed by atoms with van der Waals surface area (Å²) >= 11 is 1.27. The van der Waals surface area contributed by atoms with Crippen molar-refractivity contribution in [2.24, 2.45) is 0 Å². The SMILES string of the molecule is CCCC(COC)NCc1ccsc1C(=O)O. The first-order valence-corrected chi connectivity index (χ1v) is 6.59. The van der Waals surface area contributed by atoms with Crippen molar-refractivity contribution in [1.29, 1.82) is 0 Å². The number of thiophene rings is 1. The number of carboxylic acids is 1. The Kier molecular flexibility index (Phi) is 6.18. The first kappa shape index (κ1) is 14.2. The molecule has 1 rings (SSSR count). The van der Waals surface area contributed by atoms with Crippen LogP contribution in [0.1, 0.15) is 35.0 Å². The van der Waals surface area contributed by atoms with Crippen molar-refractivity contribution in [3.8, 4) is 0 Å².